The average molecular weight is 246 g/mol. The van der Waals surface area contributed by atoms with Crippen molar-refractivity contribution >= 4 is 0 Å². The van der Waals surface area contributed by atoms with Crippen molar-refractivity contribution in [3.63, 3.8) is 0 Å². The van der Waals surface area contributed by atoms with Crippen LogP contribution in [0.1, 0.15) is 72.1 Å². The van der Waals surface area contributed by atoms with Gasteiger partial charge in [0.2, 0.25) is 0 Å². The van der Waals surface area contributed by atoms with E-state index in [-0.39, 0.29) is 0 Å². The maximum Gasteiger partial charge on any atom is -0.0287 e. The predicted octanol–water partition coefficient (Wildman–Crippen LogP) is 5.28. The molecule has 0 heterocycles. The van der Waals surface area contributed by atoms with Gasteiger partial charge in [0, 0.05) is 0 Å². The van der Waals surface area contributed by atoms with E-state index in [2.05, 4.69) is 20.8 Å². The Morgan fingerprint density at radius 2 is 1.17 bits per heavy atom. The molecule has 0 aromatic heterocycles. The van der Waals surface area contributed by atoms with Crippen molar-refractivity contribution in [2.45, 2.75) is 72.1 Å². The van der Waals surface area contributed by atoms with Gasteiger partial charge in [-0.2, -0.15) is 0 Å². The third-order valence-corrected chi connectivity index (χ3v) is 7.34. The molecule has 0 aromatic rings. The van der Waals surface area contributed by atoms with Gasteiger partial charge in [0.05, 0.1) is 0 Å². The summed E-state index contributed by atoms with van der Waals surface area (Å²) in [6, 6.07) is 0. The van der Waals surface area contributed by atoms with Crippen molar-refractivity contribution in [2.75, 3.05) is 0 Å². The Balaban J connectivity index is 1.23. The quantitative estimate of drug-likeness (QED) is 0.622. The largest absolute Gasteiger partial charge is 0.0625 e. The molecule has 0 bridgehead atoms. The summed E-state index contributed by atoms with van der Waals surface area (Å²) in [5.74, 6) is 5.38. The van der Waals surface area contributed by atoms with Crippen molar-refractivity contribution in [3.8, 4) is 0 Å². The summed E-state index contributed by atoms with van der Waals surface area (Å²) in [5.41, 5.74) is 1.75. The van der Waals surface area contributed by atoms with Gasteiger partial charge in [-0.1, -0.05) is 20.8 Å². The molecule has 4 fully saturated rings. The van der Waals surface area contributed by atoms with Crippen molar-refractivity contribution < 1.29 is 0 Å². The Bertz CT molecular complexity index is 325. The Morgan fingerprint density at radius 1 is 0.722 bits per heavy atom. The van der Waals surface area contributed by atoms with Crippen LogP contribution in [0, 0.1) is 40.4 Å². The van der Waals surface area contributed by atoms with Crippen LogP contribution in [0.3, 0.4) is 0 Å². The first-order valence-corrected chi connectivity index (χ1v) is 8.49. The van der Waals surface area contributed by atoms with Crippen LogP contribution in [-0.4, -0.2) is 0 Å². The molecule has 2 spiro atoms. The summed E-state index contributed by atoms with van der Waals surface area (Å²) in [6.07, 6.45) is 12.8. The predicted molar refractivity (Wildman–Crippen MR) is 76.3 cm³/mol. The van der Waals surface area contributed by atoms with Gasteiger partial charge in [0.25, 0.3) is 0 Å². The maximum atomic E-state index is 2.44. The fourth-order valence-electron chi connectivity index (χ4n) is 6.38. The average Bonchev–Trinajstić information content (AvgIpc) is 2.05. The molecule has 4 saturated carbocycles. The van der Waals surface area contributed by atoms with E-state index >= 15 is 0 Å². The first kappa shape index (κ1) is 11.8. The Morgan fingerprint density at radius 3 is 1.56 bits per heavy atom. The minimum Gasteiger partial charge on any atom is -0.0625 e. The number of rotatable bonds is 2. The highest BCUT2D eigenvalue weighted by Crippen LogP contribution is 2.70. The van der Waals surface area contributed by atoms with Gasteiger partial charge >= 0.3 is 0 Å². The summed E-state index contributed by atoms with van der Waals surface area (Å²) >= 11 is 0. The molecule has 0 N–H and O–H groups in total. The second-order valence-corrected chi connectivity index (χ2v) is 9.26. The molecule has 4 rings (SSSR count). The minimum atomic E-state index is 0.870. The van der Waals surface area contributed by atoms with E-state index in [1.165, 1.54) is 0 Å². The van der Waals surface area contributed by atoms with Crippen LogP contribution in [0.2, 0.25) is 0 Å². The third-order valence-electron chi connectivity index (χ3n) is 7.34. The summed E-state index contributed by atoms with van der Waals surface area (Å²) < 4.78 is 0. The van der Waals surface area contributed by atoms with Crippen molar-refractivity contribution in [3.05, 3.63) is 0 Å². The molecule has 0 aromatic carbocycles. The van der Waals surface area contributed by atoms with Gasteiger partial charge in [0.1, 0.15) is 0 Å². The standard InChI is InChI=1S/C18H30/c1-12(2)14-6-18(7-14)10-16(11-18)15-8-17(9-15)4-13(3)5-17/h12-16H,4-11H2,1-3H3. The van der Waals surface area contributed by atoms with Crippen molar-refractivity contribution in [1.82, 2.24) is 0 Å². The molecular weight excluding hydrogens is 216 g/mol. The van der Waals surface area contributed by atoms with Gasteiger partial charge in [-0.25, -0.2) is 0 Å². The zero-order valence-electron chi connectivity index (χ0n) is 12.5. The van der Waals surface area contributed by atoms with Gasteiger partial charge in [-0.3, -0.25) is 0 Å². The second kappa shape index (κ2) is 3.55. The van der Waals surface area contributed by atoms with Crippen LogP contribution in [0.5, 0.6) is 0 Å². The summed E-state index contributed by atoms with van der Waals surface area (Å²) in [6.45, 7) is 7.28. The molecule has 0 amide bonds. The summed E-state index contributed by atoms with van der Waals surface area (Å²) in [4.78, 5) is 0. The van der Waals surface area contributed by atoms with E-state index in [0.717, 1.165) is 40.4 Å². The zero-order valence-corrected chi connectivity index (χ0v) is 12.5. The summed E-state index contributed by atoms with van der Waals surface area (Å²) in [5, 5.41) is 0. The van der Waals surface area contributed by atoms with Gasteiger partial charge < -0.3 is 0 Å². The van der Waals surface area contributed by atoms with E-state index in [4.69, 9.17) is 0 Å². The first-order valence-electron chi connectivity index (χ1n) is 8.49. The van der Waals surface area contributed by atoms with Crippen LogP contribution in [0.15, 0.2) is 0 Å². The molecule has 0 atom stereocenters. The minimum absolute atomic E-state index is 0.870. The topological polar surface area (TPSA) is 0 Å². The lowest BCUT2D eigenvalue weighted by Gasteiger charge is -2.66. The smallest absolute Gasteiger partial charge is 0.0287 e. The highest BCUT2D eigenvalue weighted by molar-refractivity contribution is 5.10. The lowest BCUT2D eigenvalue weighted by molar-refractivity contribution is -0.156. The molecule has 0 aliphatic heterocycles. The van der Waals surface area contributed by atoms with E-state index in [0.29, 0.717) is 0 Å². The molecule has 4 aliphatic rings. The number of hydrogen-bond donors (Lipinski definition) is 0. The first-order chi connectivity index (χ1) is 8.49. The summed E-state index contributed by atoms with van der Waals surface area (Å²) in [7, 11) is 0. The monoisotopic (exact) mass is 246 g/mol. The van der Waals surface area contributed by atoms with Gasteiger partial charge in [0.15, 0.2) is 0 Å². The van der Waals surface area contributed by atoms with E-state index in [9.17, 15) is 0 Å². The van der Waals surface area contributed by atoms with Crippen LogP contribution in [0.4, 0.5) is 0 Å². The highest BCUT2D eigenvalue weighted by Gasteiger charge is 2.59. The maximum absolute atomic E-state index is 2.44. The Labute approximate surface area is 113 Å². The SMILES string of the molecule is CC1CC2(C1)CC(C1CC3(CC(C(C)C)C3)C1)C2. The van der Waals surface area contributed by atoms with Crippen molar-refractivity contribution in [2.24, 2.45) is 40.4 Å². The molecule has 0 heteroatoms. The Hall–Kier alpha value is 0. The van der Waals surface area contributed by atoms with Crippen LogP contribution in [0.25, 0.3) is 0 Å². The van der Waals surface area contributed by atoms with E-state index in [1.54, 1.807) is 51.4 Å². The van der Waals surface area contributed by atoms with E-state index in [1.807, 2.05) is 0 Å². The zero-order chi connectivity index (χ0) is 12.5. The number of hydrogen-bond acceptors (Lipinski definition) is 0. The molecule has 0 saturated heterocycles. The van der Waals surface area contributed by atoms with Crippen LogP contribution < -0.4 is 0 Å². The van der Waals surface area contributed by atoms with Crippen molar-refractivity contribution in [1.29, 1.82) is 0 Å². The fraction of sp³-hybridized carbons (Fsp3) is 1.00. The molecular formula is C18H30. The lowest BCUT2D eigenvalue weighted by atomic mass is 9.39. The highest BCUT2D eigenvalue weighted by atomic mass is 14.6. The molecule has 4 aliphatic carbocycles. The molecule has 0 unspecified atom stereocenters. The van der Waals surface area contributed by atoms with Crippen LogP contribution in [-0.2, 0) is 0 Å². The molecule has 18 heavy (non-hydrogen) atoms. The molecule has 0 radical (unpaired) electrons. The molecule has 0 nitrogen and oxygen atoms in total. The molecule has 102 valence electrons. The van der Waals surface area contributed by atoms with Crippen LogP contribution >= 0.6 is 0 Å². The lowest BCUT2D eigenvalue weighted by Crippen LogP contribution is -2.56. The third kappa shape index (κ3) is 1.56. The normalized spacial score (nSPS) is 58.0. The fourth-order valence-corrected chi connectivity index (χ4v) is 6.38. The van der Waals surface area contributed by atoms with Gasteiger partial charge in [-0.05, 0) is 91.8 Å². The second-order valence-electron chi connectivity index (χ2n) is 9.26. The van der Waals surface area contributed by atoms with E-state index < -0.39 is 0 Å². The van der Waals surface area contributed by atoms with Gasteiger partial charge in [-0.15, -0.1) is 0 Å². The Kier molecular flexibility index (Phi) is 2.33.